The number of ether oxygens (including phenoxy) is 1. The highest BCUT2D eigenvalue weighted by molar-refractivity contribution is 6.35. The molecule has 0 aliphatic rings. The Kier molecular flexibility index (Phi) is 7.92. The Morgan fingerprint density at radius 2 is 1.55 bits per heavy atom. The molecular formula is C26H28ClNO. The van der Waals surface area contributed by atoms with Crippen LogP contribution in [0.5, 0.6) is 5.75 Å². The minimum atomic E-state index is 0.707. The molecule has 0 radical (unpaired) electrons. The lowest BCUT2D eigenvalue weighted by Crippen LogP contribution is -2.27. The molecule has 0 saturated heterocycles. The van der Waals surface area contributed by atoms with Gasteiger partial charge in [-0.1, -0.05) is 98.3 Å². The largest absolute Gasteiger partial charge is 0.492 e. The van der Waals surface area contributed by atoms with Crippen LogP contribution >= 0.6 is 11.6 Å². The SMILES string of the molecule is CCN(CC)CCOc1ccc(C=Cc2cccc(-c3ccccc3)c2Cl)cc1. The summed E-state index contributed by atoms with van der Waals surface area (Å²) in [5.74, 6) is 0.901. The van der Waals surface area contributed by atoms with Crippen LogP contribution in [-0.4, -0.2) is 31.1 Å². The molecule has 3 rings (SSSR count). The summed E-state index contributed by atoms with van der Waals surface area (Å²) in [4.78, 5) is 2.35. The summed E-state index contributed by atoms with van der Waals surface area (Å²) in [5.41, 5.74) is 4.29. The molecule has 0 aliphatic carbocycles. The molecule has 0 N–H and O–H groups in total. The quantitative estimate of drug-likeness (QED) is 0.359. The van der Waals surface area contributed by atoms with E-state index in [1.807, 2.05) is 42.5 Å². The van der Waals surface area contributed by atoms with Crippen LogP contribution in [0.25, 0.3) is 23.3 Å². The summed E-state index contributed by atoms with van der Waals surface area (Å²) < 4.78 is 5.85. The second-order valence-electron chi connectivity index (χ2n) is 6.85. The molecule has 0 aromatic heterocycles. The van der Waals surface area contributed by atoms with Crippen molar-refractivity contribution in [2.75, 3.05) is 26.2 Å². The number of rotatable bonds is 9. The van der Waals surface area contributed by atoms with Gasteiger partial charge in [0, 0.05) is 12.1 Å². The van der Waals surface area contributed by atoms with Crippen LogP contribution in [0.4, 0.5) is 0 Å². The van der Waals surface area contributed by atoms with Gasteiger partial charge in [-0.15, -0.1) is 0 Å². The summed E-state index contributed by atoms with van der Waals surface area (Å²) in [5, 5.41) is 0.770. The number of benzene rings is 3. The summed E-state index contributed by atoms with van der Waals surface area (Å²) in [6, 6.07) is 24.5. The zero-order valence-electron chi connectivity index (χ0n) is 17.1. The van der Waals surface area contributed by atoms with E-state index >= 15 is 0 Å². The first-order chi connectivity index (χ1) is 14.2. The van der Waals surface area contributed by atoms with Crippen molar-refractivity contribution >= 4 is 23.8 Å². The first-order valence-electron chi connectivity index (χ1n) is 10.2. The highest BCUT2D eigenvalue weighted by Crippen LogP contribution is 2.31. The standard InChI is InChI=1S/C26H28ClNO/c1-3-28(4-2)19-20-29-24-17-14-21(15-18-24)13-16-23-11-8-12-25(26(23)27)22-9-6-5-7-10-22/h5-18H,3-4,19-20H2,1-2H3. The lowest BCUT2D eigenvalue weighted by Gasteiger charge is -2.17. The Balaban J connectivity index is 1.65. The third kappa shape index (κ3) is 5.96. The fraction of sp³-hybridized carbons (Fsp3) is 0.231. The van der Waals surface area contributed by atoms with Crippen LogP contribution < -0.4 is 4.74 Å². The maximum absolute atomic E-state index is 6.67. The molecule has 3 aromatic carbocycles. The molecule has 0 heterocycles. The van der Waals surface area contributed by atoms with E-state index in [4.69, 9.17) is 16.3 Å². The van der Waals surface area contributed by atoms with E-state index in [1.165, 1.54) is 0 Å². The number of likely N-dealkylation sites (N-methyl/N-ethyl adjacent to an activating group) is 1. The van der Waals surface area contributed by atoms with Gasteiger partial charge in [0.25, 0.3) is 0 Å². The van der Waals surface area contributed by atoms with Gasteiger partial charge in [0.2, 0.25) is 0 Å². The van der Waals surface area contributed by atoms with Gasteiger partial charge in [0.1, 0.15) is 12.4 Å². The Hall–Kier alpha value is -2.55. The van der Waals surface area contributed by atoms with Gasteiger partial charge >= 0.3 is 0 Å². The van der Waals surface area contributed by atoms with E-state index in [9.17, 15) is 0 Å². The van der Waals surface area contributed by atoms with Crippen LogP contribution in [0.3, 0.4) is 0 Å². The first kappa shape index (κ1) is 21.2. The maximum Gasteiger partial charge on any atom is 0.119 e. The number of hydrogen-bond acceptors (Lipinski definition) is 2. The summed E-state index contributed by atoms with van der Waals surface area (Å²) in [7, 11) is 0. The Morgan fingerprint density at radius 3 is 2.24 bits per heavy atom. The number of halogens is 1. The second-order valence-corrected chi connectivity index (χ2v) is 7.23. The zero-order chi connectivity index (χ0) is 20.5. The predicted octanol–water partition coefficient (Wildman–Crippen LogP) is 6.90. The third-order valence-corrected chi connectivity index (χ3v) is 5.44. The van der Waals surface area contributed by atoms with E-state index in [1.54, 1.807) is 0 Å². The van der Waals surface area contributed by atoms with Crippen LogP contribution in [0.1, 0.15) is 25.0 Å². The molecule has 0 saturated carbocycles. The highest BCUT2D eigenvalue weighted by atomic mass is 35.5. The molecule has 0 amide bonds. The van der Waals surface area contributed by atoms with Crippen molar-refractivity contribution in [1.29, 1.82) is 0 Å². The van der Waals surface area contributed by atoms with Crippen molar-refractivity contribution in [3.63, 3.8) is 0 Å². The van der Waals surface area contributed by atoms with Crippen molar-refractivity contribution in [3.05, 3.63) is 88.9 Å². The zero-order valence-corrected chi connectivity index (χ0v) is 17.9. The first-order valence-corrected chi connectivity index (χ1v) is 10.6. The lowest BCUT2D eigenvalue weighted by atomic mass is 10.0. The van der Waals surface area contributed by atoms with Crippen LogP contribution in [0, 0.1) is 0 Å². The molecule has 0 bridgehead atoms. The average molecular weight is 406 g/mol. The van der Waals surface area contributed by atoms with E-state index in [0.717, 1.165) is 52.7 Å². The van der Waals surface area contributed by atoms with Gasteiger partial charge in [-0.2, -0.15) is 0 Å². The third-order valence-electron chi connectivity index (χ3n) is 5.02. The summed E-state index contributed by atoms with van der Waals surface area (Å²) >= 11 is 6.67. The highest BCUT2D eigenvalue weighted by Gasteiger charge is 2.06. The average Bonchev–Trinajstić information content (AvgIpc) is 2.77. The molecule has 3 aromatic rings. The van der Waals surface area contributed by atoms with Crippen molar-refractivity contribution in [3.8, 4) is 16.9 Å². The normalized spacial score (nSPS) is 11.3. The van der Waals surface area contributed by atoms with Crippen LogP contribution in [-0.2, 0) is 0 Å². The smallest absolute Gasteiger partial charge is 0.119 e. The van der Waals surface area contributed by atoms with Gasteiger partial charge in [-0.05, 0) is 41.9 Å². The van der Waals surface area contributed by atoms with Crippen molar-refractivity contribution in [1.82, 2.24) is 4.90 Å². The number of nitrogens with zero attached hydrogens (tertiary/aromatic N) is 1. The summed E-state index contributed by atoms with van der Waals surface area (Å²) in [6.07, 6.45) is 4.14. The van der Waals surface area contributed by atoms with Gasteiger partial charge in [0.05, 0.1) is 5.02 Å². The minimum absolute atomic E-state index is 0.707. The fourth-order valence-corrected chi connectivity index (χ4v) is 3.51. The minimum Gasteiger partial charge on any atom is -0.492 e. The van der Waals surface area contributed by atoms with E-state index in [-0.39, 0.29) is 0 Å². The Morgan fingerprint density at radius 1 is 0.828 bits per heavy atom. The van der Waals surface area contributed by atoms with Crippen molar-refractivity contribution in [2.24, 2.45) is 0 Å². The molecule has 2 nitrogen and oxygen atoms in total. The van der Waals surface area contributed by atoms with Gasteiger partial charge in [-0.3, -0.25) is 0 Å². The predicted molar refractivity (Wildman–Crippen MR) is 126 cm³/mol. The lowest BCUT2D eigenvalue weighted by molar-refractivity contribution is 0.223. The van der Waals surface area contributed by atoms with Gasteiger partial charge < -0.3 is 9.64 Å². The van der Waals surface area contributed by atoms with Crippen molar-refractivity contribution < 1.29 is 4.74 Å². The molecule has 0 fully saturated rings. The van der Waals surface area contributed by atoms with Crippen molar-refractivity contribution in [2.45, 2.75) is 13.8 Å². The van der Waals surface area contributed by atoms with E-state index < -0.39 is 0 Å². The monoisotopic (exact) mass is 405 g/mol. The van der Waals surface area contributed by atoms with Crippen LogP contribution in [0.2, 0.25) is 5.02 Å². The van der Waals surface area contributed by atoms with E-state index in [2.05, 4.69) is 61.2 Å². The second kappa shape index (κ2) is 10.8. The topological polar surface area (TPSA) is 12.5 Å². The molecular weight excluding hydrogens is 378 g/mol. The van der Waals surface area contributed by atoms with Crippen LogP contribution in [0.15, 0.2) is 72.8 Å². The number of hydrogen-bond donors (Lipinski definition) is 0. The molecule has 29 heavy (non-hydrogen) atoms. The molecule has 150 valence electrons. The van der Waals surface area contributed by atoms with E-state index in [0.29, 0.717) is 6.61 Å². The summed E-state index contributed by atoms with van der Waals surface area (Å²) in [6.45, 7) is 8.11. The van der Waals surface area contributed by atoms with Gasteiger partial charge in [-0.25, -0.2) is 0 Å². The maximum atomic E-state index is 6.67. The molecule has 0 unspecified atom stereocenters. The fourth-order valence-electron chi connectivity index (χ4n) is 3.21. The Bertz CT molecular complexity index is 915. The Labute approximate surface area is 179 Å². The molecule has 0 atom stereocenters. The van der Waals surface area contributed by atoms with Gasteiger partial charge in [0.15, 0.2) is 0 Å². The molecule has 0 spiro atoms. The molecule has 3 heteroatoms. The molecule has 0 aliphatic heterocycles.